The molecule has 0 radical (unpaired) electrons. The van der Waals surface area contributed by atoms with Crippen LogP contribution in [0.25, 0.3) is 0 Å². The summed E-state index contributed by atoms with van der Waals surface area (Å²) in [5.74, 6) is 1.86. The molecule has 0 spiro atoms. The van der Waals surface area contributed by atoms with Crippen LogP contribution in [0.4, 0.5) is 11.4 Å². The van der Waals surface area contributed by atoms with Crippen LogP contribution < -0.4 is 9.80 Å². The lowest BCUT2D eigenvalue weighted by atomic mass is 9.87. The van der Waals surface area contributed by atoms with Crippen LogP contribution in [0.2, 0.25) is 0 Å². The van der Waals surface area contributed by atoms with E-state index in [1.54, 1.807) is 21.6 Å². The van der Waals surface area contributed by atoms with Gasteiger partial charge >= 0.3 is 0 Å². The number of rotatable bonds is 15. The first-order chi connectivity index (χ1) is 21.5. The summed E-state index contributed by atoms with van der Waals surface area (Å²) < 4.78 is 0. The molecule has 2 aliphatic rings. The maximum atomic E-state index is 14.1. The van der Waals surface area contributed by atoms with Gasteiger partial charge in [0, 0.05) is 34.7 Å². The number of benzene rings is 2. The van der Waals surface area contributed by atoms with Crippen molar-refractivity contribution >= 4 is 44.8 Å². The van der Waals surface area contributed by atoms with Gasteiger partial charge in [0.1, 0.15) is 0 Å². The van der Waals surface area contributed by atoms with Gasteiger partial charge in [-0.05, 0) is 61.8 Å². The van der Waals surface area contributed by atoms with Crippen LogP contribution in [-0.2, 0) is 9.59 Å². The average molecular weight is 637 g/mol. The molecule has 44 heavy (non-hydrogen) atoms. The van der Waals surface area contributed by atoms with E-state index in [4.69, 9.17) is 0 Å². The van der Waals surface area contributed by atoms with Gasteiger partial charge < -0.3 is 9.80 Å². The lowest BCUT2D eigenvalue weighted by molar-refractivity contribution is -0.124. The number of anilines is 2. The van der Waals surface area contributed by atoms with Crippen molar-refractivity contribution in [3.05, 3.63) is 48.5 Å². The van der Waals surface area contributed by atoms with Crippen LogP contribution in [0.15, 0.2) is 58.3 Å². The number of nitrogens with zero attached hydrogens (tertiary/aromatic N) is 2. The maximum Gasteiger partial charge on any atom is 0.230 e. The molecule has 6 heteroatoms. The first-order valence-electron chi connectivity index (χ1n) is 17.7. The molecule has 0 aliphatic heterocycles. The number of hydrogen-bond donors (Lipinski definition) is 0. The Morgan fingerprint density at radius 3 is 1.27 bits per heavy atom. The largest absolute Gasteiger partial charge is 0.311 e. The molecule has 0 aromatic heterocycles. The van der Waals surface area contributed by atoms with E-state index in [9.17, 15) is 9.59 Å². The highest BCUT2D eigenvalue weighted by atomic mass is 33.1. The second-order valence-electron chi connectivity index (χ2n) is 13.0. The fourth-order valence-corrected chi connectivity index (χ4v) is 9.31. The summed E-state index contributed by atoms with van der Waals surface area (Å²) in [6.45, 7) is 10.5. The van der Waals surface area contributed by atoms with E-state index in [0.29, 0.717) is 23.7 Å². The van der Waals surface area contributed by atoms with Crippen LogP contribution in [0, 0.1) is 23.7 Å². The Kier molecular flexibility index (Phi) is 14.5. The molecule has 2 amide bonds. The molecule has 0 bridgehead atoms. The second-order valence-corrected chi connectivity index (χ2v) is 15.2. The summed E-state index contributed by atoms with van der Waals surface area (Å²) in [5.41, 5.74) is 2.08. The van der Waals surface area contributed by atoms with Crippen LogP contribution in [0.1, 0.15) is 118 Å². The van der Waals surface area contributed by atoms with E-state index in [1.165, 1.54) is 12.8 Å². The first kappa shape index (κ1) is 34.9. The lowest BCUT2D eigenvalue weighted by Crippen LogP contribution is -2.40. The third-order valence-corrected chi connectivity index (χ3v) is 12.6. The van der Waals surface area contributed by atoms with E-state index in [-0.39, 0.29) is 11.8 Å². The van der Waals surface area contributed by atoms with Crippen molar-refractivity contribution in [1.29, 1.82) is 0 Å². The van der Waals surface area contributed by atoms with Gasteiger partial charge in [0.2, 0.25) is 11.8 Å². The second kappa shape index (κ2) is 18.3. The summed E-state index contributed by atoms with van der Waals surface area (Å²) >= 11 is 0. The molecule has 2 fully saturated rings. The molecule has 0 saturated heterocycles. The van der Waals surface area contributed by atoms with E-state index < -0.39 is 0 Å². The molecule has 2 aliphatic carbocycles. The highest BCUT2D eigenvalue weighted by Crippen LogP contribution is 2.46. The van der Waals surface area contributed by atoms with Gasteiger partial charge in [-0.15, -0.1) is 0 Å². The zero-order valence-electron chi connectivity index (χ0n) is 27.8. The Morgan fingerprint density at radius 2 is 0.932 bits per heavy atom. The maximum absolute atomic E-state index is 14.1. The molecule has 4 nitrogen and oxygen atoms in total. The van der Waals surface area contributed by atoms with Crippen molar-refractivity contribution in [3.8, 4) is 0 Å². The zero-order chi connectivity index (χ0) is 31.3. The van der Waals surface area contributed by atoms with E-state index in [1.807, 2.05) is 0 Å². The van der Waals surface area contributed by atoms with Crippen molar-refractivity contribution in [2.75, 3.05) is 22.9 Å². The Balaban J connectivity index is 1.62. The van der Waals surface area contributed by atoms with Gasteiger partial charge in [-0.1, -0.05) is 138 Å². The number of carbonyl (C=O) groups is 2. The van der Waals surface area contributed by atoms with Crippen molar-refractivity contribution in [2.45, 2.75) is 127 Å². The molecule has 0 atom stereocenters. The Labute approximate surface area is 275 Å². The van der Waals surface area contributed by atoms with Crippen molar-refractivity contribution in [3.63, 3.8) is 0 Å². The van der Waals surface area contributed by atoms with Crippen LogP contribution in [-0.4, -0.2) is 24.9 Å². The minimum absolute atomic E-state index is 0.133. The van der Waals surface area contributed by atoms with Crippen molar-refractivity contribution in [1.82, 2.24) is 0 Å². The standard InChI is InChI=1S/C38H56N2O2S2/c1-5-29(6-2)27-39(37(41)31-19-11-9-12-20-31)33-23-15-17-25-35(33)43-44-36-26-18-16-24-34(36)40(28-30(7-3)8-4)38(42)32-21-13-10-14-22-32/h15-18,23-26,29-32H,5-14,19-22,27-28H2,1-4H3. The molecule has 0 heterocycles. The van der Waals surface area contributed by atoms with Gasteiger partial charge in [0.15, 0.2) is 0 Å². The number of hydrogen-bond acceptors (Lipinski definition) is 4. The molecule has 0 unspecified atom stereocenters. The summed E-state index contributed by atoms with van der Waals surface area (Å²) in [7, 11) is 3.46. The highest BCUT2D eigenvalue weighted by molar-refractivity contribution is 8.76. The molecule has 2 aromatic carbocycles. The third-order valence-electron chi connectivity index (χ3n) is 10.2. The summed E-state index contributed by atoms with van der Waals surface area (Å²) in [5, 5.41) is 0. The van der Waals surface area contributed by atoms with Crippen LogP contribution in [0.5, 0.6) is 0 Å². The molecule has 0 N–H and O–H groups in total. The SMILES string of the molecule is CCC(CC)CN(C(=O)C1CCCCC1)c1ccccc1SSc1ccccc1N(CC(CC)CC)C(=O)C1CCCCC1. The Bertz CT molecular complexity index is 1080. The molecular weight excluding hydrogens is 581 g/mol. The normalized spacial score (nSPS) is 16.4. The molecule has 2 saturated carbocycles. The smallest absolute Gasteiger partial charge is 0.230 e. The zero-order valence-corrected chi connectivity index (χ0v) is 29.4. The fraction of sp³-hybridized carbons (Fsp3) is 0.632. The molecule has 242 valence electrons. The monoisotopic (exact) mass is 636 g/mol. The van der Waals surface area contributed by atoms with Gasteiger partial charge in [-0.2, -0.15) is 0 Å². The highest BCUT2D eigenvalue weighted by Gasteiger charge is 2.31. The van der Waals surface area contributed by atoms with E-state index in [2.05, 4.69) is 86.0 Å². The lowest BCUT2D eigenvalue weighted by Gasteiger charge is -2.33. The van der Waals surface area contributed by atoms with Crippen LogP contribution in [0.3, 0.4) is 0 Å². The molecular formula is C38H56N2O2S2. The van der Waals surface area contributed by atoms with E-state index in [0.717, 1.165) is 111 Å². The number of amides is 2. The van der Waals surface area contributed by atoms with Gasteiger partial charge in [-0.3, -0.25) is 9.59 Å². The van der Waals surface area contributed by atoms with E-state index >= 15 is 0 Å². The number of carbonyl (C=O) groups excluding carboxylic acids is 2. The first-order valence-corrected chi connectivity index (χ1v) is 19.8. The predicted octanol–water partition coefficient (Wildman–Crippen LogP) is 11.2. The minimum atomic E-state index is 0.133. The van der Waals surface area contributed by atoms with Gasteiger partial charge in [0.25, 0.3) is 0 Å². The Hall–Kier alpha value is -1.92. The topological polar surface area (TPSA) is 40.6 Å². The molecule has 2 aromatic rings. The van der Waals surface area contributed by atoms with Gasteiger partial charge in [-0.25, -0.2) is 0 Å². The van der Waals surface area contributed by atoms with Crippen molar-refractivity contribution in [2.24, 2.45) is 23.7 Å². The summed E-state index contributed by atoms with van der Waals surface area (Å²) in [6, 6.07) is 16.9. The van der Waals surface area contributed by atoms with Crippen molar-refractivity contribution < 1.29 is 9.59 Å². The van der Waals surface area contributed by atoms with Gasteiger partial charge in [0.05, 0.1) is 11.4 Å². The average Bonchev–Trinajstić information content (AvgIpc) is 3.09. The Morgan fingerprint density at radius 1 is 0.591 bits per heavy atom. The third kappa shape index (κ3) is 9.31. The minimum Gasteiger partial charge on any atom is -0.311 e. The summed E-state index contributed by atoms with van der Waals surface area (Å²) in [6.07, 6.45) is 15.5. The fourth-order valence-electron chi connectivity index (χ4n) is 6.96. The molecule has 4 rings (SSSR count). The number of para-hydroxylation sites is 2. The summed E-state index contributed by atoms with van der Waals surface area (Å²) in [4.78, 5) is 34.7. The predicted molar refractivity (Wildman–Crippen MR) is 191 cm³/mol. The quantitative estimate of drug-likeness (QED) is 0.182. The van der Waals surface area contributed by atoms with Crippen LogP contribution >= 0.6 is 21.6 Å².